The molecule has 0 amide bonds. The van der Waals surface area contributed by atoms with Crippen LogP contribution in [0.3, 0.4) is 0 Å². The van der Waals surface area contributed by atoms with E-state index in [9.17, 15) is 5.11 Å². The minimum absolute atomic E-state index is 0.0508. The Labute approximate surface area is 128 Å². The number of fused-ring (bicyclic) bond motifs is 4. The highest BCUT2D eigenvalue weighted by Crippen LogP contribution is 2.61. The summed E-state index contributed by atoms with van der Waals surface area (Å²) in [5.41, 5.74) is 3.63. The molecular weight excluding hydrogens is 260 g/mol. The highest BCUT2D eigenvalue weighted by Gasteiger charge is 2.54. The van der Waals surface area contributed by atoms with Crippen molar-refractivity contribution in [1.29, 1.82) is 0 Å². The largest absolute Gasteiger partial charge is 0.501 e. The predicted octanol–water partition coefficient (Wildman–Crippen LogP) is 4.20. The van der Waals surface area contributed by atoms with E-state index in [1.165, 1.54) is 37.9 Å². The lowest BCUT2D eigenvalue weighted by molar-refractivity contribution is -0.0312. The van der Waals surface area contributed by atoms with Gasteiger partial charge in [0.1, 0.15) is 0 Å². The average molecular weight is 288 g/mol. The Balaban J connectivity index is 1.61. The molecule has 116 valence electrons. The molecule has 0 radical (unpaired) electrons. The van der Waals surface area contributed by atoms with Crippen molar-refractivity contribution in [3.63, 3.8) is 0 Å². The molecule has 0 heterocycles. The van der Waals surface area contributed by atoms with E-state index in [0.29, 0.717) is 0 Å². The van der Waals surface area contributed by atoms with Gasteiger partial charge >= 0.3 is 0 Å². The van der Waals surface area contributed by atoms with Gasteiger partial charge in [-0.3, -0.25) is 0 Å². The van der Waals surface area contributed by atoms with Gasteiger partial charge in [-0.05, 0) is 74.2 Å². The fourth-order valence-corrected chi connectivity index (χ4v) is 6.02. The van der Waals surface area contributed by atoms with Crippen LogP contribution in [0.2, 0.25) is 0 Å². The topological polar surface area (TPSA) is 29.5 Å². The second kappa shape index (κ2) is 4.87. The second-order valence-corrected chi connectivity index (χ2v) is 7.94. The molecule has 0 aliphatic heterocycles. The van der Waals surface area contributed by atoms with Crippen LogP contribution in [0.5, 0.6) is 0 Å². The van der Waals surface area contributed by atoms with Crippen LogP contribution in [-0.4, -0.2) is 18.3 Å². The second-order valence-electron chi connectivity index (χ2n) is 7.94. The molecule has 0 saturated heterocycles. The summed E-state index contributed by atoms with van der Waals surface area (Å²) in [7, 11) is 1.80. The maximum Gasteiger partial charge on any atom is 0.0959 e. The molecular formula is C19H28O2. The molecule has 4 aliphatic rings. The molecule has 21 heavy (non-hydrogen) atoms. The molecule has 5 atom stereocenters. The van der Waals surface area contributed by atoms with E-state index >= 15 is 0 Å². The van der Waals surface area contributed by atoms with Crippen LogP contribution in [0.25, 0.3) is 0 Å². The van der Waals surface area contributed by atoms with Crippen LogP contribution in [-0.2, 0) is 4.74 Å². The van der Waals surface area contributed by atoms with Crippen LogP contribution >= 0.6 is 0 Å². The van der Waals surface area contributed by atoms with Crippen molar-refractivity contribution in [3.8, 4) is 0 Å². The van der Waals surface area contributed by atoms with Crippen LogP contribution in [0.1, 0.15) is 58.3 Å². The fraction of sp³-hybridized carbons (Fsp3) is 0.789. The summed E-state index contributed by atoms with van der Waals surface area (Å²) in [4.78, 5) is 0. The smallest absolute Gasteiger partial charge is 0.0959 e. The molecule has 0 spiro atoms. The first-order valence-electron chi connectivity index (χ1n) is 8.75. The lowest BCUT2D eigenvalue weighted by Crippen LogP contribution is -2.45. The molecule has 0 aromatic rings. The Morgan fingerprint density at radius 3 is 2.90 bits per heavy atom. The molecule has 2 nitrogen and oxygen atoms in total. The Morgan fingerprint density at radius 1 is 1.24 bits per heavy atom. The van der Waals surface area contributed by atoms with Gasteiger partial charge in [-0.1, -0.05) is 18.1 Å². The predicted molar refractivity (Wildman–Crippen MR) is 83.6 cm³/mol. The first-order valence-corrected chi connectivity index (χ1v) is 8.75. The molecule has 2 fully saturated rings. The molecule has 2 heteroatoms. The van der Waals surface area contributed by atoms with Gasteiger partial charge in [0, 0.05) is 6.42 Å². The number of methoxy groups -OCH3 is 1. The lowest BCUT2D eigenvalue weighted by atomic mass is 9.54. The number of allylic oxidation sites excluding steroid dienone is 3. The third-order valence-electron chi connectivity index (χ3n) is 7.27. The zero-order valence-electron chi connectivity index (χ0n) is 13.4. The van der Waals surface area contributed by atoms with Crippen molar-refractivity contribution in [3.05, 3.63) is 23.0 Å². The van der Waals surface area contributed by atoms with E-state index < -0.39 is 0 Å². The van der Waals surface area contributed by atoms with Crippen molar-refractivity contribution in [1.82, 2.24) is 0 Å². The van der Waals surface area contributed by atoms with E-state index in [0.717, 1.165) is 37.0 Å². The molecule has 0 bridgehead atoms. The van der Waals surface area contributed by atoms with Gasteiger partial charge in [0.15, 0.2) is 0 Å². The minimum Gasteiger partial charge on any atom is -0.501 e. The summed E-state index contributed by atoms with van der Waals surface area (Å²) in [6.07, 6.45) is 11.8. The van der Waals surface area contributed by atoms with Crippen molar-refractivity contribution in [2.75, 3.05) is 7.11 Å². The number of aliphatic hydroxyl groups excluding tert-OH is 1. The molecule has 4 rings (SSSR count). The quantitative estimate of drug-likeness (QED) is 0.733. The molecule has 2 saturated carbocycles. The number of ether oxygens (including phenoxy) is 1. The Morgan fingerprint density at radius 2 is 2.10 bits per heavy atom. The highest BCUT2D eigenvalue weighted by atomic mass is 16.5. The Hall–Kier alpha value is -0.760. The number of hydrogen-bond acceptors (Lipinski definition) is 2. The summed E-state index contributed by atoms with van der Waals surface area (Å²) < 4.78 is 5.47. The van der Waals surface area contributed by atoms with E-state index in [1.54, 1.807) is 18.3 Å². The summed E-state index contributed by atoms with van der Waals surface area (Å²) >= 11 is 0. The Bertz CT molecular complexity index is 504. The van der Waals surface area contributed by atoms with Gasteiger partial charge in [0.25, 0.3) is 0 Å². The van der Waals surface area contributed by atoms with E-state index in [-0.39, 0.29) is 11.5 Å². The van der Waals surface area contributed by atoms with Gasteiger partial charge in [-0.15, -0.1) is 0 Å². The van der Waals surface area contributed by atoms with Crippen molar-refractivity contribution in [2.24, 2.45) is 23.2 Å². The van der Waals surface area contributed by atoms with E-state index in [1.807, 2.05) is 0 Å². The summed E-state index contributed by atoms with van der Waals surface area (Å²) in [5, 5.41) is 10.4. The highest BCUT2D eigenvalue weighted by molar-refractivity contribution is 5.32. The molecule has 1 N–H and O–H groups in total. The molecule has 4 aliphatic carbocycles. The average Bonchev–Trinajstić information content (AvgIpc) is 2.82. The maximum atomic E-state index is 10.4. The first-order chi connectivity index (χ1) is 10.1. The molecule has 0 aromatic carbocycles. The lowest BCUT2D eigenvalue weighted by Gasteiger charge is -2.51. The summed E-state index contributed by atoms with van der Waals surface area (Å²) in [5.74, 6) is 3.56. The van der Waals surface area contributed by atoms with E-state index in [2.05, 4.69) is 13.0 Å². The number of rotatable bonds is 1. The fourth-order valence-electron chi connectivity index (χ4n) is 6.02. The third-order valence-corrected chi connectivity index (χ3v) is 7.27. The maximum absolute atomic E-state index is 10.4. The first kappa shape index (κ1) is 13.9. The SMILES string of the molecule is COC1=CCC2=C(CC[C@@H]3[C@H]4CC[C@H](O)[C@]4(C)CC[C@@H]23)C1. The Kier molecular flexibility index (Phi) is 3.22. The van der Waals surface area contributed by atoms with Gasteiger partial charge < -0.3 is 9.84 Å². The van der Waals surface area contributed by atoms with Gasteiger partial charge in [0.05, 0.1) is 19.0 Å². The van der Waals surface area contributed by atoms with E-state index in [4.69, 9.17) is 4.74 Å². The van der Waals surface area contributed by atoms with Crippen LogP contribution in [0.15, 0.2) is 23.0 Å². The number of aliphatic hydroxyl groups is 1. The summed E-state index contributed by atoms with van der Waals surface area (Å²) in [6.45, 7) is 2.36. The third kappa shape index (κ3) is 1.94. The van der Waals surface area contributed by atoms with Gasteiger partial charge in [-0.25, -0.2) is 0 Å². The standard InChI is InChI=1S/C19H28O2/c1-19-10-9-15-14-6-4-13(21-2)11-12(14)3-5-16(15)17(19)7-8-18(19)20/h4,15-18,20H,3,5-11H2,1-2H3/t15-,16-,17+,18-,19+/m0/s1. The van der Waals surface area contributed by atoms with Gasteiger partial charge in [0.2, 0.25) is 0 Å². The zero-order valence-corrected chi connectivity index (χ0v) is 13.4. The van der Waals surface area contributed by atoms with Crippen LogP contribution in [0.4, 0.5) is 0 Å². The van der Waals surface area contributed by atoms with Crippen molar-refractivity contribution in [2.45, 2.75) is 64.4 Å². The van der Waals surface area contributed by atoms with Gasteiger partial charge in [-0.2, -0.15) is 0 Å². The normalized spacial score (nSPS) is 45.6. The van der Waals surface area contributed by atoms with Crippen molar-refractivity contribution < 1.29 is 9.84 Å². The van der Waals surface area contributed by atoms with Crippen molar-refractivity contribution >= 4 is 0 Å². The van der Waals surface area contributed by atoms with Crippen LogP contribution in [0, 0.1) is 23.2 Å². The molecule has 0 unspecified atom stereocenters. The number of hydrogen-bond donors (Lipinski definition) is 1. The monoisotopic (exact) mass is 288 g/mol. The van der Waals surface area contributed by atoms with Crippen LogP contribution < -0.4 is 0 Å². The minimum atomic E-state index is -0.0508. The molecule has 0 aromatic heterocycles. The summed E-state index contributed by atoms with van der Waals surface area (Å²) in [6, 6.07) is 0. The zero-order chi connectivity index (χ0) is 14.6.